The van der Waals surface area contributed by atoms with Gasteiger partial charge in [0.2, 0.25) is 5.17 Å². The molecule has 5 rings (SSSR count). The van der Waals surface area contributed by atoms with Crippen molar-refractivity contribution in [3.8, 4) is 5.75 Å². The zero-order chi connectivity index (χ0) is 23.7. The summed E-state index contributed by atoms with van der Waals surface area (Å²) in [6.45, 7) is 1.82. The molecule has 8 nitrogen and oxygen atoms in total. The molecule has 1 amide bonds. The number of hydrogen-bond donors (Lipinski definition) is 1. The highest BCUT2D eigenvalue weighted by Crippen LogP contribution is 2.30. The SMILES string of the molecule is N=C1/C(=C/c2ccc(OC(=O)c3ccc(F)cc3)cc2)C(=O)N=C2SC(N3CCCCC3)=NN12. The van der Waals surface area contributed by atoms with Gasteiger partial charge in [0.05, 0.1) is 11.1 Å². The smallest absolute Gasteiger partial charge is 0.343 e. The van der Waals surface area contributed by atoms with Crippen molar-refractivity contribution in [2.75, 3.05) is 13.1 Å². The number of likely N-dealkylation sites (tertiary alicyclic amines) is 1. The molecule has 172 valence electrons. The van der Waals surface area contributed by atoms with E-state index >= 15 is 0 Å². The third kappa shape index (κ3) is 4.49. The highest BCUT2D eigenvalue weighted by atomic mass is 32.2. The number of carbonyl (C=O) groups is 2. The summed E-state index contributed by atoms with van der Waals surface area (Å²) in [6, 6.07) is 11.6. The van der Waals surface area contributed by atoms with Crippen molar-refractivity contribution >= 4 is 45.9 Å². The lowest BCUT2D eigenvalue weighted by atomic mass is 10.1. The van der Waals surface area contributed by atoms with Gasteiger partial charge in [-0.25, -0.2) is 9.18 Å². The number of hydrogen-bond acceptors (Lipinski definition) is 7. The first-order chi connectivity index (χ1) is 16.5. The largest absolute Gasteiger partial charge is 0.423 e. The molecule has 1 saturated heterocycles. The third-order valence-electron chi connectivity index (χ3n) is 5.55. The summed E-state index contributed by atoms with van der Waals surface area (Å²) < 4.78 is 18.3. The summed E-state index contributed by atoms with van der Waals surface area (Å²) in [6.07, 6.45) is 4.96. The first kappa shape index (κ1) is 22.0. The Morgan fingerprint density at radius 1 is 1.03 bits per heavy atom. The van der Waals surface area contributed by atoms with Gasteiger partial charge in [-0.05, 0) is 79.1 Å². The lowest BCUT2D eigenvalue weighted by Crippen LogP contribution is -2.35. The number of piperidine rings is 1. The van der Waals surface area contributed by atoms with Crippen LogP contribution in [0.2, 0.25) is 0 Å². The fourth-order valence-corrected chi connectivity index (χ4v) is 4.69. The molecule has 0 saturated carbocycles. The number of benzene rings is 2. The Hall–Kier alpha value is -3.79. The Bertz CT molecular complexity index is 1250. The van der Waals surface area contributed by atoms with E-state index in [1.807, 2.05) is 0 Å². The summed E-state index contributed by atoms with van der Waals surface area (Å²) in [5.74, 6) is -1.26. The number of halogens is 1. The molecule has 0 spiro atoms. The van der Waals surface area contributed by atoms with Crippen molar-refractivity contribution in [3.63, 3.8) is 0 Å². The number of amides is 1. The number of thioether (sulfide) groups is 1. The van der Waals surface area contributed by atoms with Gasteiger partial charge in [0.15, 0.2) is 11.0 Å². The van der Waals surface area contributed by atoms with Crippen molar-refractivity contribution in [2.24, 2.45) is 10.1 Å². The topological polar surface area (TPSA) is 98.4 Å². The average Bonchev–Trinajstić information content (AvgIpc) is 3.28. The molecule has 0 bridgehead atoms. The minimum absolute atomic E-state index is 0.0266. The first-order valence-corrected chi connectivity index (χ1v) is 11.6. The predicted molar refractivity (Wildman–Crippen MR) is 128 cm³/mol. The molecule has 1 N–H and O–H groups in total. The normalized spacial score (nSPS) is 19.1. The summed E-state index contributed by atoms with van der Waals surface area (Å²) in [7, 11) is 0. The minimum atomic E-state index is -0.605. The highest BCUT2D eigenvalue weighted by Gasteiger charge is 2.37. The maximum absolute atomic E-state index is 13.0. The number of carbonyl (C=O) groups excluding carboxylic acids is 2. The second-order valence-corrected chi connectivity index (χ2v) is 8.85. The van der Waals surface area contributed by atoms with E-state index in [1.165, 1.54) is 47.5 Å². The van der Waals surface area contributed by atoms with Crippen LogP contribution in [0.5, 0.6) is 5.75 Å². The molecule has 0 radical (unpaired) electrons. The fourth-order valence-electron chi connectivity index (χ4n) is 3.75. The molecule has 2 aromatic carbocycles. The van der Waals surface area contributed by atoms with Crippen molar-refractivity contribution in [1.82, 2.24) is 9.91 Å². The summed E-state index contributed by atoms with van der Waals surface area (Å²) in [5.41, 5.74) is 1.000. The molecule has 3 aliphatic heterocycles. The van der Waals surface area contributed by atoms with E-state index in [0.29, 0.717) is 16.5 Å². The number of nitrogens with one attached hydrogen (secondary N) is 1. The number of aliphatic imine (C=N–C) groups is 1. The zero-order valence-corrected chi connectivity index (χ0v) is 18.8. The lowest BCUT2D eigenvalue weighted by Gasteiger charge is -2.26. The number of rotatable bonds is 3. The number of fused-ring (bicyclic) bond motifs is 1. The van der Waals surface area contributed by atoms with Gasteiger partial charge in [0, 0.05) is 13.1 Å². The van der Waals surface area contributed by atoms with E-state index in [1.54, 1.807) is 30.3 Å². The van der Waals surface area contributed by atoms with Gasteiger partial charge >= 0.3 is 5.97 Å². The molecule has 3 heterocycles. The Morgan fingerprint density at radius 2 is 1.74 bits per heavy atom. The Labute approximate surface area is 199 Å². The van der Waals surface area contributed by atoms with Crippen molar-refractivity contribution < 1.29 is 18.7 Å². The molecule has 3 aliphatic rings. The van der Waals surface area contributed by atoms with E-state index in [9.17, 15) is 14.0 Å². The van der Waals surface area contributed by atoms with E-state index in [0.717, 1.165) is 31.1 Å². The molecular formula is C24H20FN5O3S. The summed E-state index contributed by atoms with van der Waals surface area (Å²) in [5, 5.41) is 15.6. The molecule has 10 heteroatoms. The first-order valence-electron chi connectivity index (χ1n) is 10.8. The quantitative estimate of drug-likeness (QED) is 0.406. The molecule has 0 aliphatic carbocycles. The maximum Gasteiger partial charge on any atom is 0.343 e. The van der Waals surface area contributed by atoms with Crippen LogP contribution in [0.4, 0.5) is 4.39 Å². The average molecular weight is 478 g/mol. The van der Waals surface area contributed by atoms with Crippen LogP contribution >= 0.6 is 11.8 Å². The molecule has 34 heavy (non-hydrogen) atoms. The second-order valence-electron chi connectivity index (χ2n) is 7.92. The van der Waals surface area contributed by atoms with Gasteiger partial charge in [0.1, 0.15) is 11.6 Å². The van der Waals surface area contributed by atoms with Crippen LogP contribution in [0.15, 0.2) is 64.2 Å². The van der Waals surface area contributed by atoms with Crippen LogP contribution in [0.3, 0.4) is 0 Å². The van der Waals surface area contributed by atoms with Crippen molar-refractivity contribution in [3.05, 3.63) is 71.0 Å². The van der Waals surface area contributed by atoms with Crippen LogP contribution in [-0.4, -0.2) is 51.0 Å². The van der Waals surface area contributed by atoms with Gasteiger partial charge < -0.3 is 9.64 Å². The van der Waals surface area contributed by atoms with Gasteiger partial charge in [-0.1, -0.05) is 12.1 Å². The van der Waals surface area contributed by atoms with E-state index in [2.05, 4.69) is 15.0 Å². The number of nitrogens with zero attached hydrogens (tertiary/aromatic N) is 4. The number of esters is 1. The monoisotopic (exact) mass is 477 g/mol. The molecular weight excluding hydrogens is 457 g/mol. The van der Waals surface area contributed by atoms with E-state index in [4.69, 9.17) is 10.1 Å². The fraction of sp³-hybridized carbons (Fsp3) is 0.208. The van der Waals surface area contributed by atoms with Crippen LogP contribution in [0, 0.1) is 11.2 Å². The molecule has 0 unspecified atom stereocenters. The minimum Gasteiger partial charge on any atom is -0.423 e. The van der Waals surface area contributed by atoms with E-state index < -0.39 is 17.7 Å². The molecule has 0 aromatic heterocycles. The summed E-state index contributed by atoms with van der Waals surface area (Å²) in [4.78, 5) is 31.1. The van der Waals surface area contributed by atoms with Crippen LogP contribution in [0.25, 0.3) is 6.08 Å². The number of amidine groups is 3. The van der Waals surface area contributed by atoms with Gasteiger partial charge in [-0.2, -0.15) is 10.0 Å². The Morgan fingerprint density at radius 3 is 2.44 bits per heavy atom. The third-order valence-corrected chi connectivity index (χ3v) is 6.52. The number of ether oxygens (including phenoxy) is 1. The predicted octanol–water partition coefficient (Wildman–Crippen LogP) is 4.11. The summed E-state index contributed by atoms with van der Waals surface area (Å²) >= 11 is 1.32. The Balaban J connectivity index is 1.30. The second kappa shape index (κ2) is 9.22. The van der Waals surface area contributed by atoms with Gasteiger partial charge in [0.25, 0.3) is 5.91 Å². The standard InChI is InChI=1S/C24H20FN5O3S/c25-17-8-6-16(7-9-17)22(32)33-18-10-4-15(5-11-18)14-19-20(26)30-23(27-21(19)31)34-24(28-30)29-12-2-1-3-13-29/h4-11,14,26H,1-3,12-13H2/b19-14-,26-20?. The lowest BCUT2D eigenvalue weighted by molar-refractivity contribution is -0.114. The zero-order valence-electron chi connectivity index (χ0n) is 18.0. The molecule has 1 fully saturated rings. The van der Waals surface area contributed by atoms with Gasteiger partial charge in [-0.3, -0.25) is 10.2 Å². The van der Waals surface area contributed by atoms with Crippen molar-refractivity contribution in [2.45, 2.75) is 19.3 Å². The van der Waals surface area contributed by atoms with Crippen LogP contribution < -0.4 is 4.74 Å². The van der Waals surface area contributed by atoms with Gasteiger partial charge in [-0.15, -0.1) is 5.10 Å². The number of hydrazone groups is 1. The van der Waals surface area contributed by atoms with Crippen molar-refractivity contribution in [1.29, 1.82) is 5.41 Å². The van der Waals surface area contributed by atoms with Crippen LogP contribution in [-0.2, 0) is 4.79 Å². The Kier molecular flexibility index (Phi) is 5.97. The van der Waals surface area contributed by atoms with Crippen LogP contribution in [0.1, 0.15) is 35.2 Å². The molecule has 2 aromatic rings. The maximum atomic E-state index is 13.0. The van der Waals surface area contributed by atoms with E-state index in [-0.39, 0.29) is 17.0 Å². The molecule has 0 atom stereocenters. The highest BCUT2D eigenvalue weighted by molar-refractivity contribution is 8.26.